The zero-order chi connectivity index (χ0) is 16.1. The van der Waals surface area contributed by atoms with Crippen molar-refractivity contribution in [3.8, 4) is 0 Å². The highest BCUT2D eigenvalue weighted by Crippen LogP contribution is 2.24. The summed E-state index contributed by atoms with van der Waals surface area (Å²) in [6.07, 6.45) is 1.01. The van der Waals surface area contributed by atoms with Gasteiger partial charge < -0.3 is 4.74 Å². The lowest BCUT2D eigenvalue weighted by Gasteiger charge is -2.33. The highest BCUT2D eigenvalue weighted by molar-refractivity contribution is 5.34. The maximum absolute atomic E-state index is 10.7. The summed E-state index contributed by atoms with van der Waals surface area (Å²) in [6, 6.07) is 17.1. The van der Waals surface area contributed by atoms with Gasteiger partial charge in [0, 0.05) is 31.8 Å². The molecular formula is C18H20N2O3. The average molecular weight is 312 g/mol. The van der Waals surface area contributed by atoms with Crippen LogP contribution in [0.1, 0.15) is 17.2 Å². The molecule has 0 spiro atoms. The molecule has 3 rings (SSSR count). The van der Waals surface area contributed by atoms with Crippen molar-refractivity contribution in [2.45, 2.75) is 12.5 Å². The first kappa shape index (κ1) is 15.6. The molecule has 0 saturated carbocycles. The fraction of sp³-hybridized carbons (Fsp3) is 0.333. The summed E-state index contributed by atoms with van der Waals surface area (Å²) in [5, 5.41) is 10.7. The molecule has 1 aliphatic rings. The highest BCUT2D eigenvalue weighted by Gasteiger charge is 2.22. The molecule has 0 amide bonds. The van der Waals surface area contributed by atoms with Gasteiger partial charge >= 0.3 is 0 Å². The Hall–Kier alpha value is -2.24. The normalized spacial score (nSPS) is 18.7. The summed E-state index contributed by atoms with van der Waals surface area (Å²) in [5.41, 5.74) is 2.45. The van der Waals surface area contributed by atoms with E-state index in [1.807, 2.05) is 6.07 Å². The largest absolute Gasteiger partial charge is 0.371 e. The molecule has 5 heteroatoms. The third kappa shape index (κ3) is 4.15. The van der Waals surface area contributed by atoms with E-state index in [4.69, 9.17) is 4.74 Å². The van der Waals surface area contributed by atoms with Crippen LogP contribution < -0.4 is 0 Å². The van der Waals surface area contributed by atoms with E-state index in [1.165, 1.54) is 5.56 Å². The van der Waals surface area contributed by atoms with Gasteiger partial charge in [-0.05, 0) is 29.7 Å². The Bertz CT molecular complexity index is 643. The summed E-state index contributed by atoms with van der Waals surface area (Å²) in [4.78, 5) is 12.7. The van der Waals surface area contributed by atoms with Crippen molar-refractivity contribution in [3.05, 3.63) is 75.8 Å². The second-order valence-electron chi connectivity index (χ2n) is 5.74. The molecule has 1 atom stereocenters. The molecule has 2 aromatic carbocycles. The topological polar surface area (TPSA) is 55.6 Å². The number of non-ortho nitro benzene ring substituents is 1. The van der Waals surface area contributed by atoms with Gasteiger partial charge in [-0.2, -0.15) is 0 Å². The maximum atomic E-state index is 10.7. The SMILES string of the molecule is O=[N+]([O-])c1ccc([C@H]2CN(CCc3ccccc3)CCO2)cc1. The van der Waals surface area contributed by atoms with Gasteiger partial charge in [-0.25, -0.2) is 0 Å². The van der Waals surface area contributed by atoms with Crippen LogP contribution in [0.4, 0.5) is 5.69 Å². The Labute approximate surface area is 135 Å². The van der Waals surface area contributed by atoms with Crippen LogP contribution >= 0.6 is 0 Å². The minimum absolute atomic E-state index is 0.0136. The lowest BCUT2D eigenvalue weighted by Crippen LogP contribution is -2.39. The predicted molar refractivity (Wildman–Crippen MR) is 88.4 cm³/mol. The second-order valence-corrected chi connectivity index (χ2v) is 5.74. The standard InChI is InChI=1S/C18H20N2O3/c21-20(22)17-8-6-16(7-9-17)18-14-19(12-13-23-18)11-10-15-4-2-1-3-5-15/h1-9,18H,10-14H2/t18-/m1/s1. The minimum atomic E-state index is -0.377. The molecule has 0 unspecified atom stereocenters. The Morgan fingerprint density at radius 1 is 1.13 bits per heavy atom. The van der Waals surface area contributed by atoms with Gasteiger partial charge in [0.1, 0.15) is 0 Å². The molecule has 1 aliphatic heterocycles. The summed E-state index contributed by atoms with van der Waals surface area (Å²) in [5.74, 6) is 0. The van der Waals surface area contributed by atoms with Crippen LogP contribution in [0.15, 0.2) is 54.6 Å². The predicted octanol–water partition coefficient (Wildman–Crippen LogP) is 3.21. The molecule has 0 radical (unpaired) electrons. The average Bonchev–Trinajstić information content (AvgIpc) is 2.61. The van der Waals surface area contributed by atoms with E-state index in [-0.39, 0.29) is 16.7 Å². The molecule has 0 N–H and O–H groups in total. The minimum Gasteiger partial charge on any atom is -0.371 e. The maximum Gasteiger partial charge on any atom is 0.269 e. The van der Waals surface area contributed by atoms with Crippen LogP contribution in [0.5, 0.6) is 0 Å². The van der Waals surface area contributed by atoms with Gasteiger partial charge in [0.25, 0.3) is 5.69 Å². The van der Waals surface area contributed by atoms with E-state index in [2.05, 4.69) is 29.2 Å². The molecule has 0 bridgehead atoms. The van der Waals surface area contributed by atoms with Gasteiger partial charge in [-0.15, -0.1) is 0 Å². The number of ether oxygens (including phenoxy) is 1. The first-order chi connectivity index (χ1) is 11.2. The van der Waals surface area contributed by atoms with Crippen molar-refractivity contribution in [2.24, 2.45) is 0 Å². The second kappa shape index (κ2) is 7.35. The third-order valence-electron chi connectivity index (χ3n) is 4.19. The first-order valence-electron chi connectivity index (χ1n) is 7.84. The Balaban J connectivity index is 1.58. The number of hydrogen-bond donors (Lipinski definition) is 0. The van der Waals surface area contributed by atoms with Gasteiger partial charge in [-0.1, -0.05) is 30.3 Å². The van der Waals surface area contributed by atoms with Crippen molar-refractivity contribution in [3.63, 3.8) is 0 Å². The quantitative estimate of drug-likeness (QED) is 0.628. The number of nitro benzene ring substituents is 1. The zero-order valence-electron chi connectivity index (χ0n) is 12.9. The molecule has 1 saturated heterocycles. The van der Waals surface area contributed by atoms with E-state index < -0.39 is 0 Å². The van der Waals surface area contributed by atoms with Crippen molar-refractivity contribution in [1.82, 2.24) is 4.90 Å². The van der Waals surface area contributed by atoms with Crippen molar-refractivity contribution in [2.75, 3.05) is 26.2 Å². The van der Waals surface area contributed by atoms with E-state index in [0.29, 0.717) is 6.61 Å². The monoisotopic (exact) mass is 312 g/mol. The third-order valence-corrected chi connectivity index (χ3v) is 4.19. The van der Waals surface area contributed by atoms with Crippen LogP contribution in [0.2, 0.25) is 0 Å². The van der Waals surface area contributed by atoms with Gasteiger partial charge in [-0.3, -0.25) is 15.0 Å². The molecule has 23 heavy (non-hydrogen) atoms. The van der Waals surface area contributed by atoms with Gasteiger partial charge in [0.15, 0.2) is 0 Å². The van der Waals surface area contributed by atoms with Crippen LogP contribution in [-0.2, 0) is 11.2 Å². The highest BCUT2D eigenvalue weighted by atomic mass is 16.6. The van der Waals surface area contributed by atoms with Crippen molar-refractivity contribution < 1.29 is 9.66 Å². The smallest absolute Gasteiger partial charge is 0.269 e. The molecule has 5 nitrogen and oxygen atoms in total. The number of rotatable bonds is 5. The van der Waals surface area contributed by atoms with Crippen molar-refractivity contribution in [1.29, 1.82) is 0 Å². The van der Waals surface area contributed by atoms with Crippen LogP contribution in [0.25, 0.3) is 0 Å². The zero-order valence-corrected chi connectivity index (χ0v) is 12.9. The molecule has 0 aromatic heterocycles. The first-order valence-corrected chi connectivity index (χ1v) is 7.84. The Morgan fingerprint density at radius 3 is 2.57 bits per heavy atom. The Kier molecular flexibility index (Phi) is 5.00. The van der Waals surface area contributed by atoms with Gasteiger partial charge in [0.2, 0.25) is 0 Å². The number of nitrogens with zero attached hydrogens (tertiary/aromatic N) is 2. The summed E-state index contributed by atoms with van der Waals surface area (Å²) >= 11 is 0. The number of nitro groups is 1. The number of morpholine rings is 1. The number of benzene rings is 2. The lowest BCUT2D eigenvalue weighted by atomic mass is 10.1. The van der Waals surface area contributed by atoms with E-state index in [0.717, 1.165) is 31.6 Å². The van der Waals surface area contributed by atoms with Crippen molar-refractivity contribution >= 4 is 5.69 Å². The number of hydrogen-bond acceptors (Lipinski definition) is 4. The Morgan fingerprint density at radius 2 is 1.87 bits per heavy atom. The summed E-state index contributed by atoms with van der Waals surface area (Å²) < 4.78 is 5.84. The lowest BCUT2D eigenvalue weighted by molar-refractivity contribution is -0.384. The molecule has 120 valence electrons. The van der Waals surface area contributed by atoms with Crippen LogP contribution in [0.3, 0.4) is 0 Å². The molecule has 1 fully saturated rings. The van der Waals surface area contributed by atoms with Gasteiger partial charge in [0.05, 0.1) is 17.6 Å². The molecule has 0 aliphatic carbocycles. The van der Waals surface area contributed by atoms with Crippen LogP contribution in [-0.4, -0.2) is 36.1 Å². The van der Waals surface area contributed by atoms with E-state index >= 15 is 0 Å². The van der Waals surface area contributed by atoms with E-state index in [9.17, 15) is 10.1 Å². The van der Waals surface area contributed by atoms with Crippen LogP contribution in [0, 0.1) is 10.1 Å². The molecular weight excluding hydrogens is 292 g/mol. The molecule has 2 aromatic rings. The fourth-order valence-electron chi connectivity index (χ4n) is 2.85. The van der Waals surface area contributed by atoms with E-state index in [1.54, 1.807) is 24.3 Å². The summed E-state index contributed by atoms with van der Waals surface area (Å²) in [7, 11) is 0. The summed E-state index contributed by atoms with van der Waals surface area (Å²) in [6.45, 7) is 3.44. The molecule has 1 heterocycles. The fourth-order valence-corrected chi connectivity index (χ4v) is 2.85.